The van der Waals surface area contributed by atoms with Gasteiger partial charge in [-0.3, -0.25) is 0 Å². The average molecular weight is 313 g/mol. The van der Waals surface area contributed by atoms with Gasteiger partial charge in [0.15, 0.2) is 11.4 Å². The van der Waals surface area contributed by atoms with E-state index in [0.717, 1.165) is 6.07 Å². The van der Waals surface area contributed by atoms with Gasteiger partial charge in [-0.1, -0.05) is 11.6 Å². The van der Waals surface area contributed by atoms with Crippen molar-refractivity contribution in [3.8, 4) is 23.9 Å². The molecule has 0 aliphatic heterocycles. The van der Waals surface area contributed by atoms with Crippen LogP contribution in [0.3, 0.4) is 0 Å². The van der Waals surface area contributed by atoms with Crippen LogP contribution in [0.5, 0.6) is 0 Å². The molecule has 1 aromatic carbocycles. The highest BCUT2D eigenvalue weighted by Gasteiger charge is 2.10. The second-order valence-electron chi connectivity index (χ2n) is 3.98. The average Bonchev–Trinajstić information content (AvgIpc) is 2.93. The van der Waals surface area contributed by atoms with Crippen molar-refractivity contribution in [1.29, 1.82) is 15.8 Å². The fourth-order valence-electron chi connectivity index (χ4n) is 1.63. The molecule has 2 rings (SSSR count). The molecule has 1 N–H and O–H groups in total. The highest BCUT2D eigenvalue weighted by atomic mass is 35.5. The summed E-state index contributed by atoms with van der Waals surface area (Å²) in [5.74, 6) is -0.613. The number of nitriles is 3. The largest absolute Gasteiger partial charge is 0.345 e. The number of nitrogens with zero attached hydrogens (tertiary/aromatic N) is 5. The first kappa shape index (κ1) is 15.1. The minimum Gasteiger partial charge on any atom is -0.345 e. The Kier molecular flexibility index (Phi) is 4.38. The molecule has 0 bridgehead atoms. The van der Waals surface area contributed by atoms with Gasteiger partial charge in [0.05, 0.1) is 11.2 Å². The van der Waals surface area contributed by atoms with Crippen molar-refractivity contribution in [3.63, 3.8) is 0 Å². The smallest absolute Gasteiger partial charge is 0.163 e. The Bertz CT molecular complexity index is 862. The minimum absolute atomic E-state index is 0.167. The van der Waals surface area contributed by atoms with Crippen LogP contribution in [0, 0.1) is 39.8 Å². The fraction of sp³-hybridized carbons (Fsp3) is 0. The van der Waals surface area contributed by atoms with Crippen LogP contribution >= 0.6 is 11.6 Å². The molecule has 2 aromatic rings. The molecule has 106 valence electrons. The quantitative estimate of drug-likeness (QED) is 0.878. The predicted octanol–water partition coefficient (Wildman–Crippen LogP) is 2.90. The van der Waals surface area contributed by atoms with Crippen LogP contribution in [0.4, 0.5) is 10.1 Å². The Morgan fingerprint density at radius 2 is 1.95 bits per heavy atom. The summed E-state index contributed by atoms with van der Waals surface area (Å²) in [7, 11) is 0. The first-order chi connectivity index (χ1) is 10.6. The van der Waals surface area contributed by atoms with Gasteiger partial charge in [0.2, 0.25) is 0 Å². The van der Waals surface area contributed by atoms with Crippen molar-refractivity contribution in [2.45, 2.75) is 0 Å². The zero-order chi connectivity index (χ0) is 16.1. The maximum atomic E-state index is 14.1. The fourth-order valence-corrected chi connectivity index (χ4v) is 1.77. The number of benzene rings is 1. The Hall–Kier alpha value is -3.34. The lowest BCUT2D eigenvalue weighted by Gasteiger charge is -2.08. The molecule has 0 unspecified atom stereocenters. The number of anilines is 1. The van der Waals surface area contributed by atoms with Crippen LogP contribution in [-0.4, -0.2) is 9.78 Å². The van der Waals surface area contributed by atoms with Gasteiger partial charge in [-0.15, -0.1) is 0 Å². The van der Waals surface area contributed by atoms with Crippen molar-refractivity contribution in [2.75, 3.05) is 5.32 Å². The standard InChI is InChI=1S/C14H6ClFN6/c15-10-7-20-22(8-10)14-2-1-11(3-12(14)16)21-13(6-19)9(4-17)5-18/h1-3,7-8,21H. The Morgan fingerprint density at radius 1 is 1.23 bits per heavy atom. The Morgan fingerprint density at radius 3 is 2.45 bits per heavy atom. The number of aromatic nitrogens is 2. The molecule has 0 amide bonds. The molecule has 0 saturated heterocycles. The lowest BCUT2D eigenvalue weighted by Crippen LogP contribution is -2.03. The van der Waals surface area contributed by atoms with Crippen LogP contribution in [0.2, 0.25) is 5.02 Å². The molecule has 6 nitrogen and oxygen atoms in total. The summed E-state index contributed by atoms with van der Waals surface area (Å²) in [6.07, 6.45) is 2.81. The molecular formula is C14H6ClFN6. The molecule has 1 aromatic heterocycles. The molecule has 8 heteroatoms. The zero-order valence-electron chi connectivity index (χ0n) is 10.9. The molecule has 0 fully saturated rings. The van der Waals surface area contributed by atoms with Gasteiger partial charge in [-0.25, -0.2) is 9.07 Å². The van der Waals surface area contributed by atoms with Crippen molar-refractivity contribution in [2.24, 2.45) is 0 Å². The normalized spacial score (nSPS) is 9.23. The van der Waals surface area contributed by atoms with Crippen LogP contribution in [-0.2, 0) is 0 Å². The number of allylic oxidation sites excluding steroid dienone is 2. The van der Waals surface area contributed by atoms with Gasteiger partial charge in [0, 0.05) is 11.9 Å². The second-order valence-corrected chi connectivity index (χ2v) is 4.42. The van der Waals surface area contributed by atoms with Gasteiger partial charge in [0.1, 0.15) is 29.6 Å². The van der Waals surface area contributed by atoms with Gasteiger partial charge in [-0.05, 0) is 18.2 Å². The summed E-state index contributed by atoms with van der Waals surface area (Å²) in [6.45, 7) is 0. The molecule has 0 aliphatic rings. The van der Waals surface area contributed by atoms with E-state index in [2.05, 4.69) is 10.4 Å². The summed E-state index contributed by atoms with van der Waals surface area (Å²) in [5.41, 5.74) is -0.245. The predicted molar refractivity (Wildman–Crippen MR) is 76.0 cm³/mol. The summed E-state index contributed by atoms with van der Waals surface area (Å²) in [4.78, 5) is 0. The third-order valence-corrected chi connectivity index (χ3v) is 2.80. The third-order valence-electron chi connectivity index (χ3n) is 2.60. The SMILES string of the molecule is N#CC(C#N)=C(C#N)Nc1ccc(-n2cc(Cl)cn2)c(F)c1. The van der Waals surface area contributed by atoms with Gasteiger partial charge >= 0.3 is 0 Å². The Balaban J connectivity index is 2.35. The lowest BCUT2D eigenvalue weighted by atomic mass is 10.2. The zero-order valence-corrected chi connectivity index (χ0v) is 11.6. The summed E-state index contributed by atoms with van der Waals surface area (Å²) in [6, 6.07) is 8.89. The lowest BCUT2D eigenvalue weighted by molar-refractivity contribution is 0.611. The van der Waals surface area contributed by atoms with Gasteiger partial charge < -0.3 is 5.32 Å². The van der Waals surface area contributed by atoms with Crippen molar-refractivity contribution in [1.82, 2.24) is 9.78 Å². The number of rotatable bonds is 3. The van der Waals surface area contributed by atoms with Crippen LogP contribution in [0.25, 0.3) is 5.69 Å². The maximum Gasteiger partial charge on any atom is 0.163 e. The molecule has 1 heterocycles. The maximum absolute atomic E-state index is 14.1. The van der Waals surface area contributed by atoms with Gasteiger partial charge in [-0.2, -0.15) is 20.9 Å². The monoisotopic (exact) mass is 312 g/mol. The molecular weight excluding hydrogens is 307 g/mol. The highest BCUT2D eigenvalue weighted by Crippen LogP contribution is 2.20. The molecule has 0 atom stereocenters. The number of halogens is 2. The third kappa shape index (κ3) is 3.04. The van der Waals surface area contributed by atoms with Crippen molar-refractivity contribution >= 4 is 17.3 Å². The molecule has 22 heavy (non-hydrogen) atoms. The van der Waals surface area contributed by atoms with E-state index in [0.29, 0.717) is 5.02 Å². The minimum atomic E-state index is -0.613. The van der Waals surface area contributed by atoms with Crippen molar-refractivity contribution < 1.29 is 4.39 Å². The molecule has 0 radical (unpaired) electrons. The number of nitrogens with one attached hydrogen (secondary N) is 1. The highest BCUT2D eigenvalue weighted by molar-refractivity contribution is 6.30. The van der Waals surface area contributed by atoms with E-state index in [1.54, 1.807) is 18.2 Å². The van der Waals surface area contributed by atoms with Gasteiger partial charge in [0.25, 0.3) is 0 Å². The summed E-state index contributed by atoms with van der Waals surface area (Å²) < 4.78 is 15.4. The topological polar surface area (TPSA) is 101 Å². The Labute approximate surface area is 129 Å². The van der Waals surface area contributed by atoms with Crippen molar-refractivity contribution in [3.05, 3.63) is 52.7 Å². The number of hydrogen-bond acceptors (Lipinski definition) is 5. The van der Waals surface area contributed by atoms with Crippen LogP contribution < -0.4 is 5.32 Å². The molecule has 0 spiro atoms. The van der Waals surface area contributed by atoms with Crippen LogP contribution in [0.15, 0.2) is 41.9 Å². The second kappa shape index (κ2) is 6.41. The van der Waals surface area contributed by atoms with E-state index in [-0.39, 0.29) is 22.6 Å². The number of hydrogen-bond donors (Lipinski definition) is 1. The summed E-state index contributed by atoms with van der Waals surface area (Å²) in [5, 5.41) is 33.2. The van der Waals surface area contributed by atoms with Crippen LogP contribution in [0.1, 0.15) is 0 Å². The molecule has 0 saturated carbocycles. The first-order valence-electron chi connectivity index (χ1n) is 5.80. The first-order valence-corrected chi connectivity index (χ1v) is 6.18. The van der Waals surface area contributed by atoms with E-state index in [1.165, 1.54) is 29.2 Å². The van der Waals surface area contributed by atoms with E-state index in [4.69, 9.17) is 27.4 Å². The van der Waals surface area contributed by atoms with E-state index in [9.17, 15) is 4.39 Å². The summed E-state index contributed by atoms with van der Waals surface area (Å²) >= 11 is 5.73. The molecule has 0 aliphatic carbocycles. The van der Waals surface area contributed by atoms with E-state index in [1.807, 2.05) is 0 Å². The van der Waals surface area contributed by atoms with E-state index >= 15 is 0 Å². The van der Waals surface area contributed by atoms with E-state index < -0.39 is 5.82 Å².